The van der Waals surface area contributed by atoms with E-state index in [2.05, 4.69) is 12.7 Å². The zero-order valence-corrected chi connectivity index (χ0v) is 17.0. The summed E-state index contributed by atoms with van der Waals surface area (Å²) in [5.74, 6) is -1.30. The molecule has 0 amide bonds. The van der Waals surface area contributed by atoms with Crippen molar-refractivity contribution in [2.24, 2.45) is 5.92 Å². The van der Waals surface area contributed by atoms with Gasteiger partial charge < -0.3 is 20.1 Å². The minimum absolute atomic E-state index is 0.166. The van der Waals surface area contributed by atoms with Crippen LogP contribution in [-0.2, 0) is 9.53 Å². The molecular weight excluding hydrogens is 368 g/mol. The molecule has 0 aliphatic rings. The van der Waals surface area contributed by atoms with Gasteiger partial charge in [0.1, 0.15) is 5.75 Å². The predicted molar refractivity (Wildman–Crippen MR) is 115 cm³/mol. The second-order valence-corrected chi connectivity index (χ2v) is 6.99. The van der Waals surface area contributed by atoms with Gasteiger partial charge in [-0.1, -0.05) is 55.0 Å². The second-order valence-electron chi connectivity index (χ2n) is 6.99. The van der Waals surface area contributed by atoms with E-state index in [1.165, 1.54) is 6.08 Å². The number of aliphatic hydroxyl groups is 2. The normalized spacial score (nSPS) is 15.0. The second kappa shape index (κ2) is 10.8. The molecule has 5 heteroatoms. The average Bonchev–Trinajstić information content (AvgIpc) is 2.73. The molecule has 0 spiro atoms. The number of carbonyl (C=O) groups excluding carboxylic acids is 1. The average molecular weight is 398 g/mol. The SMILES string of the molecule is C=C[C@H]([C@H](O)CC/C(=C/c1ccc(O)c2ccccc12)CC)[C@H](O)C(=O)OCC. The first-order valence-electron chi connectivity index (χ1n) is 9.98. The Kier molecular flexibility index (Phi) is 8.43. The zero-order valence-electron chi connectivity index (χ0n) is 17.0. The molecule has 0 heterocycles. The van der Waals surface area contributed by atoms with E-state index >= 15 is 0 Å². The van der Waals surface area contributed by atoms with Crippen molar-refractivity contribution < 1.29 is 24.9 Å². The molecule has 0 aliphatic carbocycles. The molecule has 0 saturated carbocycles. The molecule has 3 N–H and O–H groups in total. The predicted octanol–water partition coefficient (Wildman–Crippen LogP) is 4.21. The molecular formula is C24H30O5. The quantitative estimate of drug-likeness (QED) is 0.412. The van der Waals surface area contributed by atoms with Crippen LogP contribution >= 0.6 is 0 Å². The molecule has 0 aliphatic heterocycles. The highest BCUT2D eigenvalue weighted by atomic mass is 16.5. The van der Waals surface area contributed by atoms with E-state index in [1.54, 1.807) is 13.0 Å². The van der Waals surface area contributed by atoms with E-state index in [4.69, 9.17) is 4.74 Å². The Labute approximate surface area is 172 Å². The van der Waals surface area contributed by atoms with Gasteiger partial charge in [-0.05, 0) is 43.2 Å². The van der Waals surface area contributed by atoms with E-state index in [-0.39, 0.29) is 12.4 Å². The van der Waals surface area contributed by atoms with Crippen LogP contribution in [0.2, 0.25) is 0 Å². The van der Waals surface area contributed by atoms with Crippen molar-refractivity contribution in [3.63, 3.8) is 0 Å². The summed E-state index contributed by atoms with van der Waals surface area (Å²) in [6, 6.07) is 11.2. The topological polar surface area (TPSA) is 87.0 Å². The number of hydrogen-bond acceptors (Lipinski definition) is 5. The van der Waals surface area contributed by atoms with Crippen LogP contribution in [0.3, 0.4) is 0 Å². The highest BCUT2D eigenvalue weighted by Gasteiger charge is 2.30. The molecule has 0 unspecified atom stereocenters. The minimum Gasteiger partial charge on any atom is -0.507 e. The first-order valence-corrected chi connectivity index (χ1v) is 9.98. The number of aliphatic hydroxyl groups excluding tert-OH is 2. The molecule has 0 fully saturated rings. The van der Waals surface area contributed by atoms with E-state index in [0.717, 1.165) is 28.3 Å². The number of carbonyl (C=O) groups is 1. The van der Waals surface area contributed by atoms with E-state index in [9.17, 15) is 20.1 Å². The summed E-state index contributed by atoms with van der Waals surface area (Å²) >= 11 is 0. The number of ether oxygens (including phenoxy) is 1. The first-order chi connectivity index (χ1) is 13.9. The standard InChI is InChI=1S/C24H30O5/c1-4-16(11-13-21(25)18(5-2)23(27)24(28)29-6-3)15-17-12-14-22(26)20-10-8-7-9-19(17)20/h5,7-10,12,14-15,18,21,23,25-27H,2,4,6,11,13H2,1,3H3/b16-15+/t18-,21-,23+/m1/s1. The van der Waals surface area contributed by atoms with Crippen LogP contribution < -0.4 is 0 Å². The number of allylic oxidation sites excluding steroid dienone is 1. The van der Waals surface area contributed by atoms with E-state index in [1.807, 2.05) is 37.3 Å². The maximum absolute atomic E-state index is 11.8. The largest absolute Gasteiger partial charge is 0.507 e. The summed E-state index contributed by atoms with van der Waals surface area (Å²) in [7, 11) is 0. The molecule has 0 saturated heterocycles. The fourth-order valence-corrected chi connectivity index (χ4v) is 3.41. The number of hydrogen-bond donors (Lipinski definition) is 3. The lowest BCUT2D eigenvalue weighted by atomic mass is 9.90. The smallest absolute Gasteiger partial charge is 0.335 e. The molecule has 2 aromatic carbocycles. The van der Waals surface area contributed by atoms with Gasteiger partial charge in [0.2, 0.25) is 0 Å². The van der Waals surface area contributed by atoms with Crippen LogP contribution in [0.4, 0.5) is 0 Å². The van der Waals surface area contributed by atoms with Crippen LogP contribution in [0.25, 0.3) is 16.8 Å². The Morgan fingerprint density at radius 2 is 1.83 bits per heavy atom. The number of fused-ring (bicyclic) bond motifs is 1. The van der Waals surface area contributed by atoms with Crippen LogP contribution in [0.15, 0.2) is 54.6 Å². The Morgan fingerprint density at radius 1 is 1.14 bits per heavy atom. The van der Waals surface area contributed by atoms with Gasteiger partial charge in [0.15, 0.2) is 6.10 Å². The van der Waals surface area contributed by atoms with Gasteiger partial charge in [-0.3, -0.25) is 0 Å². The molecule has 2 aromatic rings. The van der Waals surface area contributed by atoms with Gasteiger partial charge in [0.05, 0.1) is 12.7 Å². The summed E-state index contributed by atoms with van der Waals surface area (Å²) in [5.41, 5.74) is 2.12. The maximum atomic E-state index is 11.8. The summed E-state index contributed by atoms with van der Waals surface area (Å²) in [6.07, 6.45) is 2.89. The summed E-state index contributed by atoms with van der Waals surface area (Å²) in [5, 5.41) is 32.5. The highest BCUT2D eigenvalue weighted by Crippen LogP contribution is 2.30. The number of aromatic hydroxyl groups is 1. The van der Waals surface area contributed by atoms with Gasteiger partial charge in [0, 0.05) is 11.3 Å². The number of phenols is 1. The zero-order chi connectivity index (χ0) is 21.4. The van der Waals surface area contributed by atoms with E-state index in [0.29, 0.717) is 12.8 Å². The summed E-state index contributed by atoms with van der Waals surface area (Å²) in [6.45, 7) is 7.51. The van der Waals surface area contributed by atoms with Crippen molar-refractivity contribution in [2.45, 2.75) is 45.3 Å². The number of esters is 1. The Morgan fingerprint density at radius 3 is 2.45 bits per heavy atom. The molecule has 2 rings (SSSR count). The maximum Gasteiger partial charge on any atom is 0.335 e. The lowest BCUT2D eigenvalue weighted by Crippen LogP contribution is -2.37. The van der Waals surface area contributed by atoms with Gasteiger partial charge in [0.25, 0.3) is 0 Å². The lowest BCUT2D eigenvalue weighted by molar-refractivity contribution is -0.157. The molecule has 0 radical (unpaired) electrons. The Hall–Kier alpha value is -2.63. The summed E-state index contributed by atoms with van der Waals surface area (Å²) < 4.78 is 4.83. The van der Waals surface area contributed by atoms with Crippen molar-refractivity contribution >= 4 is 22.8 Å². The van der Waals surface area contributed by atoms with Crippen molar-refractivity contribution in [1.29, 1.82) is 0 Å². The highest BCUT2D eigenvalue weighted by molar-refractivity contribution is 5.94. The van der Waals surface area contributed by atoms with Gasteiger partial charge in [-0.2, -0.15) is 0 Å². The molecule has 0 aromatic heterocycles. The fraction of sp³-hybridized carbons (Fsp3) is 0.375. The minimum atomic E-state index is -1.43. The number of benzene rings is 2. The van der Waals surface area contributed by atoms with Crippen LogP contribution in [0, 0.1) is 5.92 Å². The van der Waals surface area contributed by atoms with Crippen molar-refractivity contribution in [1.82, 2.24) is 0 Å². The molecule has 0 bridgehead atoms. The monoisotopic (exact) mass is 398 g/mol. The lowest BCUT2D eigenvalue weighted by Gasteiger charge is -2.23. The molecule has 156 valence electrons. The Bertz CT molecular complexity index is 871. The third-order valence-electron chi connectivity index (χ3n) is 5.12. The van der Waals surface area contributed by atoms with Gasteiger partial charge in [-0.15, -0.1) is 6.58 Å². The number of rotatable bonds is 10. The van der Waals surface area contributed by atoms with Crippen LogP contribution in [0.1, 0.15) is 38.7 Å². The molecule has 3 atom stereocenters. The van der Waals surface area contributed by atoms with Crippen molar-refractivity contribution in [2.75, 3.05) is 6.61 Å². The van der Waals surface area contributed by atoms with Crippen molar-refractivity contribution in [3.8, 4) is 5.75 Å². The first kappa shape index (κ1) is 22.7. The summed E-state index contributed by atoms with van der Waals surface area (Å²) in [4.78, 5) is 11.8. The van der Waals surface area contributed by atoms with Gasteiger partial charge in [-0.25, -0.2) is 4.79 Å². The molecule has 29 heavy (non-hydrogen) atoms. The fourth-order valence-electron chi connectivity index (χ4n) is 3.41. The molecule has 5 nitrogen and oxygen atoms in total. The van der Waals surface area contributed by atoms with Crippen LogP contribution in [-0.4, -0.2) is 40.1 Å². The number of phenolic OH excluding ortho intramolecular Hbond substituents is 1. The van der Waals surface area contributed by atoms with Crippen LogP contribution in [0.5, 0.6) is 5.75 Å². The van der Waals surface area contributed by atoms with Gasteiger partial charge >= 0.3 is 5.97 Å². The Balaban J connectivity index is 2.15. The van der Waals surface area contributed by atoms with Crippen molar-refractivity contribution in [3.05, 3.63) is 60.2 Å². The third-order valence-corrected chi connectivity index (χ3v) is 5.12. The van der Waals surface area contributed by atoms with E-state index < -0.39 is 24.1 Å². The third kappa shape index (κ3) is 5.68.